The van der Waals surface area contributed by atoms with E-state index in [1.165, 1.54) is 31.5 Å². The van der Waals surface area contributed by atoms with Crippen LogP contribution in [0.4, 0.5) is 0 Å². The summed E-state index contributed by atoms with van der Waals surface area (Å²) in [6, 6.07) is 1.17. The summed E-state index contributed by atoms with van der Waals surface area (Å²) in [4.78, 5) is 4.61. The molecular weight excluding hydrogens is 258 g/mol. The van der Waals surface area contributed by atoms with Gasteiger partial charge in [-0.15, -0.1) is 0 Å². The fourth-order valence-corrected chi connectivity index (χ4v) is 3.71. The molecule has 1 aromatic heterocycles. The van der Waals surface area contributed by atoms with Crippen LogP contribution in [0.2, 0.25) is 0 Å². The minimum absolute atomic E-state index is 0.492. The molecular formula is C18H33N3. The molecule has 3 nitrogen and oxygen atoms in total. The van der Waals surface area contributed by atoms with E-state index in [9.17, 15) is 0 Å². The van der Waals surface area contributed by atoms with Crippen LogP contribution in [0.3, 0.4) is 0 Å². The molecule has 1 heterocycles. The molecule has 1 aliphatic rings. The number of nitrogens with zero attached hydrogens (tertiary/aromatic N) is 2. The zero-order valence-electron chi connectivity index (χ0n) is 14.5. The van der Waals surface area contributed by atoms with Crippen LogP contribution in [0.15, 0.2) is 12.4 Å². The highest BCUT2D eigenvalue weighted by atomic mass is 15.1. The van der Waals surface area contributed by atoms with Gasteiger partial charge in [-0.2, -0.15) is 0 Å². The summed E-state index contributed by atoms with van der Waals surface area (Å²) in [6.45, 7) is 12.6. The summed E-state index contributed by atoms with van der Waals surface area (Å²) in [5, 5.41) is 3.79. The van der Waals surface area contributed by atoms with E-state index in [0.717, 1.165) is 18.4 Å². The molecule has 0 amide bonds. The van der Waals surface area contributed by atoms with Crippen LogP contribution in [0.5, 0.6) is 0 Å². The van der Waals surface area contributed by atoms with Gasteiger partial charge in [0.15, 0.2) is 0 Å². The number of nitrogens with one attached hydrogen (secondary N) is 1. The van der Waals surface area contributed by atoms with E-state index in [4.69, 9.17) is 0 Å². The van der Waals surface area contributed by atoms with Crippen molar-refractivity contribution in [1.82, 2.24) is 14.9 Å². The van der Waals surface area contributed by atoms with Crippen molar-refractivity contribution < 1.29 is 0 Å². The molecule has 1 aromatic rings. The van der Waals surface area contributed by atoms with E-state index in [2.05, 4.69) is 55.7 Å². The molecule has 1 saturated carbocycles. The van der Waals surface area contributed by atoms with Gasteiger partial charge in [-0.1, -0.05) is 34.6 Å². The fourth-order valence-electron chi connectivity index (χ4n) is 3.71. The highest BCUT2D eigenvalue weighted by Gasteiger charge is 2.33. The lowest BCUT2D eigenvalue weighted by atomic mass is 9.76. The Morgan fingerprint density at radius 3 is 2.67 bits per heavy atom. The standard InChI is InChI=1S/C18H33N3/c1-6-9-19-16-8-7-15(13(2)3)12-17(16)21-11-10-20-18(21)14(4)5/h10-11,13-17,19H,6-9,12H2,1-5H3. The van der Waals surface area contributed by atoms with Crippen molar-refractivity contribution in [3.63, 3.8) is 0 Å². The van der Waals surface area contributed by atoms with Gasteiger partial charge in [0.25, 0.3) is 0 Å². The Morgan fingerprint density at radius 2 is 2.05 bits per heavy atom. The molecule has 120 valence electrons. The van der Waals surface area contributed by atoms with E-state index in [0.29, 0.717) is 18.0 Å². The van der Waals surface area contributed by atoms with Gasteiger partial charge in [-0.05, 0) is 44.1 Å². The van der Waals surface area contributed by atoms with Crippen molar-refractivity contribution in [2.75, 3.05) is 6.54 Å². The molecule has 0 aromatic carbocycles. The summed E-state index contributed by atoms with van der Waals surface area (Å²) < 4.78 is 2.46. The minimum atomic E-state index is 0.492. The lowest BCUT2D eigenvalue weighted by Gasteiger charge is -2.40. The van der Waals surface area contributed by atoms with Gasteiger partial charge < -0.3 is 9.88 Å². The third-order valence-electron chi connectivity index (χ3n) is 5.03. The van der Waals surface area contributed by atoms with Crippen molar-refractivity contribution in [3.05, 3.63) is 18.2 Å². The molecule has 0 saturated heterocycles. The first-order valence-electron chi connectivity index (χ1n) is 8.80. The van der Waals surface area contributed by atoms with Crippen LogP contribution in [0, 0.1) is 11.8 Å². The summed E-state index contributed by atoms with van der Waals surface area (Å²) in [5.74, 6) is 3.36. The first-order chi connectivity index (χ1) is 10.0. The highest BCUT2D eigenvalue weighted by Crippen LogP contribution is 2.38. The maximum Gasteiger partial charge on any atom is 0.111 e. The third-order valence-corrected chi connectivity index (χ3v) is 5.03. The molecule has 1 N–H and O–H groups in total. The van der Waals surface area contributed by atoms with Crippen molar-refractivity contribution >= 4 is 0 Å². The molecule has 0 bridgehead atoms. The summed E-state index contributed by atoms with van der Waals surface area (Å²) in [7, 11) is 0. The predicted octanol–water partition coefficient (Wildman–Crippen LogP) is 4.37. The van der Waals surface area contributed by atoms with Gasteiger partial charge in [0.05, 0.1) is 6.04 Å². The Morgan fingerprint density at radius 1 is 1.29 bits per heavy atom. The molecule has 2 rings (SSSR count). The normalized spacial score (nSPS) is 26.7. The molecule has 0 aliphatic heterocycles. The van der Waals surface area contributed by atoms with E-state index >= 15 is 0 Å². The fraction of sp³-hybridized carbons (Fsp3) is 0.833. The van der Waals surface area contributed by atoms with E-state index in [-0.39, 0.29) is 0 Å². The number of hydrogen-bond donors (Lipinski definition) is 1. The second-order valence-electron chi connectivity index (χ2n) is 7.29. The van der Waals surface area contributed by atoms with Crippen molar-refractivity contribution in [2.24, 2.45) is 11.8 Å². The minimum Gasteiger partial charge on any atom is -0.330 e. The molecule has 0 radical (unpaired) electrons. The molecule has 3 atom stereocenters. The van der Waals surface area contributed by atoms with E-state index in [1.807, 2.05) is 6.20 Å². The largest absolute Gasteiger partial charge is 0.330 e. The van der Waals surface area contributed by atoms with Crippen LogP contribution in [0.1, 0.15) is 78.1 Å². The van der Waals surface area contributed by atoms with Gasteiger partial charge in [0.1, 0.15) is 5.82 Å². The van der Waals surface area contributed by atoms with Gasteiger partial charge >= 0.3 is 0 Å². The SMILES string of the molecule is CCCNC1CCC(C(C)C)CC1n1ccnc1C(C)C. The average Bonchev–Trinajstić information content (AvgIpc) is 2.94. The number of imidazole rings is 1. The lowest BCUT2D eigenvalue weighted by Crippen LogP contribution is -2.43. The Labute approximate surface area is 130 Å². The van der Waals surface area contributed by atoms with Gasteiger partial charge in [-0.3, -0.25) is 0 Å². The number of hydrogen-bond acceptors (Lipinski definition) is 2. The van der Waals surface area contributed by atoms with Gasteiger partial charge in [0, 0.05) is 24.4 Å². The van der Waals surface area contributed by atoms with Crippen LogP contribution in [0.25, 0.3) is 0 Å². The highest BCUT2D eigenvalue weighted by molar-refractivity contribution is 5.03. The molecule has 1 aliphatic carbocycles. The second kappa shape index (κ2) is 7.44. The van der Waals surface area contributed by atoms with Gasteiger partial charge in [0.2, 0.25) is 0 Å². The molecule has 21 heavy (non-hydrogen) atoms. The van der Waals surface area contributed by atoms with Crippen LogP contribution >= 0.6 is 0 Å². The first-order valence-corrected chi connectivity index (χ1v) is 8.80. The molecule has 1 fully saturated rings. The molecule has 3 heteroatoms. The Balaban J connectivity index is 2.21. The topological polar surface area (TPSA) is 29.9 Å². The Hall–Kier alpha value is -0.830. The number of aromatic nitrogens is 2. The molecule has 0 spiro atoms. The summed E-state index contributed by atoms with van der Waals surface area (Å²) >= 11 is 0. The summed E-state index contributed by atoms with van der Waals surface area (Å²) in [6.07, 6.45) is 9.33. The van der Waals surface area contributed by atoms with Crippen molar-refractivity contribution in [1.29, 1.82) is 0 Å². The zero-order chi connectivity index (χ0) is 15.4. The maximum atomic E-state index is 4.61. The van der Waals surface area contributed by atoms with Crippen LogP contribution in [-0.4, -0.2) is 22.1 Å². The predicted molar refractivity (Wildman–Crippen MR) is 89.6 cm³/mol. The third kappa shape index (κ3) is 3.88. The Bertz CT molecular complexity index is 422. The van der Waals surface area contributed by atoms with Crippen LogP contribution < -0.4 is 5.32 Å². The van der Waals surface area contributed by atoms with Gasteiger partial charge in [-0.25, -0.2) is 4.98 Å². The second-order valence-corrected chi connectivity index (χ2v) is 7.29. The van der Waals surface area contributed by atoms with Crippen molar-refractivity contribution in [2.45, 2.75) is 78.3 Å². The Kier molecular flexibility index (Phi) is 5.86. The first kappa shape index (κ1) is 16.5. The molecule has 3 unspecified atom stereocenters. The lowest BCUT2D eigenvalue weighted by molar-refractivity contribution is 0.169. The monoisotopic (exact) mass is 291 g/mol. The summed E-state index contributed by atoms with van der Waals surface area (Å²) in [5.41, 5.74) is 0. The quantitative estimate of drug-likeness (QED) is 0.843. The zero-order valence-corrected chi connectivity index (χ0v) is 14.5. The number of rotatable bonds is 6. The smallest absolute Gasteiger partial charge is 0.111 e. The van der Waals surface area contributed by atoms with Crippen LogP contribution in [-0.2, 0) is 0 Å². The van der Waals surface area contributed by atoms with Crippen molar-refractivity contribution in [3.8, 4) is 0 Å². The van der Waals surface area contributed by atoms with E-state index < -0.39 is 0 Å². The van der Waals surface area contributed by atoms with E-state index in [1.54, 1.807) is 0 Å². The average molecular weight is 291 g/mol. The maximum absolute atomic E-state index is 4.61.